The fourth-order valence-electron chi connectivity index (χ4n) is 7.10. The second kappa shape index (κ2) is 12.3. The van der Waals surface area contributed by atoms with Crippen LogP contribution in [-0.4, -0.2) is 76.0 Å². The van der Waals surface area contributed by atoms with Gasteiger partial charge in [0.25, 0.3) is 0 Å². The van der Waals surface area contributed by atoms with E-state index in [2.05, 4.69) is 45.3 Å². The first-order chi connectivity index (χ1) is 20.2. The highest BCUT2D eigenvalue weighted by Gasteiger charge is 2.77. The largest absolute Gasteiger partial charge is 0.394 e. The Kier molecular flexibility index (Phi) is 8.97. The van der Waals surface area contributed by atoms with E-state index in [-0.39, 0.29) is 35.1 Å². The fraction of sp³-hybridized carbons (Fsp3) is 0.531. The molecule has 3 unspecified atom stereocenters. The predicted octanol–water partition coefficient (Wildman–Crippen LogP) is 3.55. The average molecular weight is 642 g/mol. The number of ether oxygens (including phenoxy) is 1. The molecule has 2 aromatic carbocycles. The molecule has 0 radical (unpaired) electrons. The number of aliphatic hydroxyl groups excluding tert-OH is 1. The number of anilines is 2. The van der Waals surface area contributed by atoms with Crippen molar-refractivity contribution in [2.45, 2.75) is 69.3 Å². The van der Waals surface area contributed by atoms with Gasteiger partial charge in [-0.15, -0.1) is 0 Å². The van der Waals surface area contributed by atoms with E-state index >= 15 is 0 Å². The summed E-state index contributed by atoms with van der Waals surface area (Å²) in [7, 11) is 0. The van der Waals surface area contributed by atoms with Crippen molar-refractivity contribution in [1.82, 2.24) is 10.2 Å². The lowest BCUT2D eigenvalue weighted by Crippen LogP contribution is -2.57. The number of carbonyl (C=O) groups is 3. The summed E-state index contributed by atoms with van der Waals surface area (Å²) in [5, 5.41) is 16.4. The highest BCUT2D eigenvalue weighted by Crippen LogP contribution is 2.60. The number of rotatable bonds is 11. The minimum absolute atomic E-state index is 0.125. The quantitative estimate of drug-likeness (QED) is 0.324. The summed E-state index contributed by atoms with van der Waals surface area (Å²) in [4.78, 5) is 45.7. The van der Waals surface area contributed by atoms with Gasteiger partial charge in [0.2, 0.25) is 17.7 Å². The summed E-state index contributed by atoms with van der Waals surface area (Å²) in [5.74, 6) is -2.69. The molecule has 3 heterocycles. The van der Waals surface area contributed by atoms with Crippen molar-refractivity contribution in [2.75, 3.05) is 29.9 Å². The number of nitrogens with zero attached hydrogens (tertiary/aromatic N) is 2. The molecule has 10 heteroatoms. The number of carbonyl (C=O) groups excluding carboxylic acids is 3. The average Bonchev–Trinajstić information content (AvgIpc) is 3.57. The Hall–Kier alpha value is -2.95. The summed E-state index contributed by atoms with van der Waals surface area (Å²) in [5.41, 5.74) is 1.41. The minimum Gasteiger partial charge on any atom is -0.394 e. The molecular formula is C32H41BrN4O5. The van der Waals surface area contributed by atoms with Gasteiger partial charge in [-0.25, -0.2) is 0 Å². The zero-order valence-corrected chi connectivity index (χ0v) is 26.2. The Labute approximate surface area is 256 Å². The molecule has 2 aromatic rings. The molecule has 226 valence electrons. The van der Waals surface area contributed by atoms with Crippen LogP contribution in [-0.2, 0) is 25.7 Å². The molecule has 3 amide bonds. The Balaban J connectivity index is 1.46. The SMILES string of the molecule is CCN(CC)c1ccc(NC(=O)C2N([C@@H](CO)C(C)C)C(=O)[C@@H]3[C@H](C(=O)NCc4ccccc4)[C@H]4OC23CC4Br)cc1. The van der Waals surface area contributed by atoms with Crippen LogP contribution in [0.2, 0.25) is 0 Å². The molecular weight excluding hydrogens is 600 g/mol. The lowest BCUT2D eigenvalue weighted by Gasteiger charge is -2.38. The topological polar surface area (TPSA) is 111 Å². The zero-order chi connectivity index (χ0) is 30.2. The summed E-state index contributed by atoms with van der Waals surface area (Å²) in [6.07, 6.45) is -0.144. The number of amides is 3. The first-order valence-corrected chi connectivity index (χ1v) is 15.8. The number of benzene rings is 2. The lowest BCUT2D eigenvalue weighted by atomic mass is 9.70. The molecule has 3 saturated heterocycles. The third-order valence-corrected chi connectivity index (χ3v) is 10.0. The summed E-state index contributed by atoms with van der Waals surface area (Å²) >= 11 is 3.71. The van der Waals surface area contributed by atoms with E-state index < -0.39 is 35.6 Å². The molecule has 0 saturated carbocycles. The summed E-state index contributed by atoms with van der Waals surface area (Å²) in [6, 6.07) is 15.6. The Bertz CT molecular complexity index is 1290. The van der Waals surface area contributed by atoms with Crippen molar-refractivity contribution in [3.05, 3.63) is 60.2 Å². The summed E-state index contributed by atoms with van der Waals surface area (Å²) in [6.45, 7) is 9.77. The number of halogens is 1. The van der Waals surface area contributed by atoms with Crippen molar-refractivity contribution >= 4 is 45.0 Å². The molecule has 5 rings (SSSR count). The molecule has 3 aliphatic heterocycles. The Morgan fingerprint density at radius 3 is 2.36 bits per heavy atom. The summed E-state index contributed by atoms with van der Waals surface area (Å²) < 4.78 is 6.59. The number of nitrogens with one attached hydrogen (secondary N) is 2. The van der Waals surface area contributed by atoms with Gasteiger partial charge in [0, 0.05) is 35.8 Å². The normalized spacial score (nSPS) is 28.6. The van der Waals surface area contributed by atoms with E-state index in [1.54, 1.807) is 0 Å². The van der Waals surface area contributed by atoms with Crippen LogP contribution in [0, 0.1) is 17.8 Å². The van der Waals surface area contributed by atoms with Gasteiger partial charge in [-0.3, -0.25) is 14.4 Å². The van der Waals surface area contributed by atoms with E-state index in [9.17, 15) is 19.5 Å². The molecule has 0 aliphatic carbocycles. The standard InChI is InChI=1S/C32H41BrN4O5/c1-5-36(6-2)22-14-12-21(13-15-22)35-30(40)28-32-16-23(33)27(42-32)25(29(39)34-17-20-10-8-7-9-11-20)26(32)31(41)37(28)24(18-38)19(3)4/h7-15,19,23-28,38H,5-6,16-18H2,1-4H3,(H,34,39)(H,35,40)/t23?,24-,25-,26-,27-,28?,32?/m0/s1. The number of fused-ring (bicyclic) bond motifs is 1. The van der Waals surface area contributed by atoms with Gasteiger partial charge in [-0.1, -0.05) is 60.1 Å². The maximum Gasteiger partial charge on any atom is 0.250 e. The predicted molar refractivity (Wildman–Crippen MR) is 165 cm³/mol. The molecule has 1 spiro atoms. The Morgan fingerprint density at radius 1 is 1.10 bits per heavy atom. The minimum atomic E-state index is -1.20. The molecule has 7 atom stereocenters. The van der Waals surface area contributed by atoms with Crippen molar-refractivity contribution in [3.8, 4) is 0 Å². The van der Waals surface area contributed by atoms with Crippen LogP contribution in [0.25, 0.3) is 0 Å². The van der Waals surface area contributed by atoms with E-state index in [1.165, 1.54) is 4.90 Å². The first-order valence-electron chi connectivity index (χ1n) is 14.9. The molecule has 2 bridgehead atoms. The zero-order valence-electron chi connectivity index (χ0n) is 24.6. The van der Waals surface area contributed by atoms with Gasteiger partial charge in [-0.2, -0.15) is 0 Å². The third kappa shape index (κ3) is 5.22. The van der Waals surface area contributed by atoms with Crippen molar-refractivity contribution in [3.63, 3.8) is 0 Å². The van der Waals surface area contributed by atoms with Gasteiger partial charge < -0.3 is 30.3 Å². The molecule has 3 N–H and O–H groups in total. The molecule has 3 aliphatic rings. The number of likely N-dealkylation sites (tertiary alicyclic amines) is 1. The Morgan fingerprint density at radius 2 is 1.76 bits per heavy atom. The van der Waals surface area contributed by atoms with E-state index in [0.29, 0.717) is 18.7 Å². The van der Waals surface area contributed by atoms with Crippen molar-refractivity contribution in [2.24, 2.45) is 17.8 Å². The van der Waals surface area contributed by atoms with Gasteiger partial charge in [0.1, 0.15) is 11.6 Å². The number of aliphatic hydroxyl groups is 1. The highest BCUT2D eigenvalue weighted by molar-refractivity contribution is 9.09. The van der Waals surface area contributed by atoms with Gasteiger partial charge in [0.05, 0.1) is 30.6 Å². The van der Waals surface area contributed by atoms with Crippen molar-refractivity contribution < 1.29 is 24.2 Å². The smallest absolute Gasteiger partial charge is 0.250 e. The van der Waals surface area contributed by atoms with E-state index in [4.69, 9.17) is 4.74 Å². The second-order valence-electron chi connectivity index (χ2n) is 11.8. The van der Waals surface area contributed by atoms with Crippen LogP contribution >= 0.6 is 15.9 Å². The van der Waals surface area contributed by atoms with Crippen molar-refractivity contribution in [1.29, 1.82) is 0 Å². The lowest BCUT2D eigenvalue weighted by molar-refractivity contribution is -0.145. The van der Waals surface area contributed by atoms with Crippen LogP contribution in [0.3, 0.4) is 0 Å². The van der Waals surface area contributed by atoms with Crippen LogP contribution in [0.5, 0.6) is 0 Å². The number of hydrogen-bond acceptors (Lipinski definition) is 6. The third-order valence-electron chi connectivity index (χ3n) is 9.17. The van der Waals surface area contributed by atoms with Crippen LogP contribution < -0.4 is 15.5 Å². The van der Waals surface area contributed by atoms with Crippen LogP contribution in [0.1, 0.15) is 39.7 Å². The molecule has 9 nitrogen and oxygen atoms in total. The van der Waals surface area contributed by atoms with E-state index in [1.807, 2.05) is 68.4 Å². The van der Waals surface area contributed by atoms with Crippen LogP contribution in [0.15, 0.2) is 54.6 Å². The number of alkyl halides is 1. The maximum absolute atomic E-state index is 14.3. The molecule has 3 fully saturated rings. The molecule has 0 aromatic heterocycles. The van der Waals surface area contributed by atoms with Gasteiger partial charge in [-0.05, 0) is 56.0 Å². The highest BCUT2D eigenvalue weighted by atomic mass is 79.9. The molecule has 42 heavy (non-hydrogen) atoms. The van der Waals surface area contributed by atoms with E-state index in [0.717, 1.165) is 24.3 Å². The monoisotopic (exact) mass is 640 g/mol. The van der Waals surface area contributed by atoms with Gasteiger partial charge in [0.15, 0.2) is 0 Å². The first kappa shape index (κ1) is 30.5. The fourth-order valence-corrected chi connectivity index (χ4v) is 8.04. The maximum atomic E-state index is 14.3. The number of hydrogen-bond donors (Lipinski definition) is 3. The van der Waals surface area contributed by atoms with Gasteiger partial charge >= 0.3 is 0 Å². The van der Waals surface area contributed by atoms with Crippen LogP contribution in [0.4, 0.5) is 11.4 Å². The second-order valence-corrected chi connectivity index (χ2v) is 13.0.